The topological polar surface area (TPSA) is 48.4 Å². The summed E-state index contributed by atoms with van der Waals surface area (Å²) in [7, 11) is 0. The molecule has 4 nitrogen and oxygen atoms in total. The molecule has 0 radical (unpaired) electrons. The van der Waals surface area contributed by atoms with Crippen LogP contribution in [0.4, 0.5) is 0 Å². The highest BCUT2D eigenvalue weighted by atomic mass is 127. The fourth-order valence-corrected chi connectivity index (χ4v) is 1.73. The van der Waals surface area contributed by atoms with Gasteiger partial charge < -0.3 is 9.47 Å². The van der Waals surface area contributed by atoms with Crippen molar-refractivity contribution in [1.29, 1.82) is 0 Å². The van der Waals surface area contributed by atoms with E-state index in [-0.39, 0.29) is 18.2 Å². The van der Waals surface area contributed by atoms with Gasteiger partial charge in [-0.3, -0.25) is 0 Å². The monoisotopic (exact) mass is 349 g/mol. The first-order valence-corrected chi connectivity index (χ1v) is 6.51. The Balaban J connectivity index is 2.85. The molecule has 0 aliphatic carbocycles. The van der Waals surface area contributed by atoms with E-state index in [1.165, 1.54) is 6.20 Å². The summed E-state index contributed by atoms with van der Waals surface area (Å²) >= 11 is 2.09. The highest BCUT2D eigenvalue weighted by molar-refractivity contribution is 14.1. The number of halogens is 1. The van der Waals surface area contributed by atoms with E-state index in [1.54, 1.807) is 6.07 Å². The Labute approximate surface area is 115 Å². The van der Waals surface area contributed by atoms with Crippen LogP contribution in [0.15, 0.2) is 12.3 Å². The molecule has 94 valence electrons. The van der Waals surface area contributed by atoms with Gasteiger partial charge in [0.1, 0.15) is 0 Å². The third-order valence-electron chi connectivity index (χ3n) is 1.73. The highest BCUT2D eigenvalue weighted by Crippen LogP contribution is 2.20. The van der Waals surface area contributed by atoms with E-state index in [4.69, 9.17) is 9.47 Å². The minimum atomic E-state index is -0.360. The van der Waals surface area contributed by atoms with Gasteiger partial charge in [-0.05, 0) is 56.4 Å². The van der Waals surface area contributed by atoms with Crippen molar-refractivity contribution in [3.05, 3.63) is 21.4 Å². The number of aromatic nitrogens is 1. The Morgan fingerprint density at radius 3 is 2.41 bits per heavy atom. The summed E-state index contributed by atoms with van der Waals surface area (Å²) in [6.07, 6.45) is 1.40. The average Bonchev–Trinajstić information content (AvgIpc) is 2.19. The number of pyridine rings is 1. The molecule has 0 fully saturated rings. The fraction of sp³-hybridized carbons (Fsp3) is 0.500. The predicted molar refractivity (Wildman–Crippen MR) is 73.3 cm³/mol. The molecule has 0 spiro atoms. The largest absolute Gasteiger partial charge is 0.474 e. The molecule has 1 aromatic rings. The molecule has 1 aromatic heterocycles. The molecule has 17 heavy (non-hydrogen) atoms. The summed E-state index contributed by atoms with van der Waals surface area (Å²) in [6.45, 7) is 7.48. The number of ether oxygens (including phenoxy) is 2. The maximum absolute atomic E-state index is 11.6. The standard InChI is InChI=1S/C12H16INO3/c1-7(2)16-11-10(13)5-9(6-14-11)12(15)17-8(3)4/h5-8H,1-4H3. The van der Waals surface area contributed by atoms with Gasteiger partial charge in [0.2, 0.25) is 5.88 Å². The Morgan fingerprint density at radius 2 is 1.94 bits per heavy atom. The molecule has 0 aromatic carbocycles. The maximum atomic E-state index is 11.6. The van der Waals surface area contributed by atoms with Crippen molar-refractivity contribution in [3.63, 3.8) is 0 Å². The molecular formula is C12H16INO3. The molecule has 0 unspecified atom stereocenters. The first-order chi connectivity index (χ1) is 7.90. The van der Waals surface area contributed by atoms with Crippen LogP contribution in [0.3, 0.4) is 0 Å². The number of rotatable bonds is 4. The second-order valence-corrected chi connectivity index (χ2v) is 5.29. The van der Waals surface area contributed by atoms with Crippen molar-refractivity contribution in [2.24, 2.45) is 0 Å². The van der Waals surface area contributed by atoms with Crippen LogP contribution in [0.5, 0.6) is 5.88 Å². The molecule has 0 bridgehead atoms. The quantitative estimate of drug-likeness (QED) is 0.619. The minimum Gasteiger partial charge on any atom is -0.474 e. The lowest BCUT2D eigenvalue weighted by atomic mass is 10.3. The van der Waals surface area contributed by atoms with Crippen molar-refractivity contribution >= 4 is 28.6 Å². The molecule has 0 saturated heterocycles. The van der Waals surface area contributed by atoms with Crippen LogP contribution in [0.2, 0.25) is 0 Å². The molecule has 0 amide bonds. The predicted octanol–water partition coefficient (Wildman–Crippen LogP) is 3.04. The van der Waals surface area contributed by atoms with Crippen LogP contribution in [-0.4, -0.2) is 23.2 Å². The Morgan fingerprint density at radius 1 is 1.29 bits per heavy atom. The van der Waals surface area contributed by atoms with Crippen molar-refractivity contribution in [2.75, 3.05) is 0 Å². The number of hydrogen-bond donors (Lipinski definition) is 0. The molecule has 0 saturated carbocycles. The summed E-state index contributed by atoms with van der Waals surface area (Å²) in [4.78, 5) is 15.8. The van der Waals surface area contributed by atoms with E-state index in [0.717, 1.165) is 3.57 Å². The third kappa shape index (κ3) is 4.49. The zero-order chi connectivity index (χ0) is 13.0. The van der Waals surface area contributed by atoms with Crippen molar-refractivity contribution in [2.45, 2.75) is 39.9 Å². The van der Waals surface area contributed by atoms with Crippen LogP contribution in [0.25, 0.3) is 0 Å². The Bertz CT molecular complexity index is 405. The summed E-state index contributed by atoms with van der Waals surface area (Å²) in [5, 5.41) is 0. The van der Waals surface area contributed by atoms with Crippen molar-refractivity contribution in [3.8, 4) is 5.88 Å². The van der Waals surface area contributed by atoms with Crippen LogP contribution >= 0.6 is 22.6 Å². The second kappa shape index (κ2) is 6.18. The third-order valence-corrected chi connectivity index (χ3v) is 2.51. The summed E-state index contributed by atoms with van der Waals surface area (Å²) in [5.41, 5.74) is 0.444. The zero-order valence-electron chi connectivity index (χ0n) is 10.4. The zero-order valence-corrected chi connectivity index (χ0v) is 12.5. The molecule has 1 rings (SSSR count). The van der Waals surface area contributed by atoms with Gasteiger partial charge in [0.25, 0.3) is 0 Å². The Hall–Kier alpha value is -0.850. The van der Waals surface area contributed by atoms with Crippen molar-refractivity contribution in [1.82, 2.24) is 4.98 Å². The molecule has 5 heteroatoms. The number of hydrogen-bond acceptors (Lipinski definition) is 4. The molecule has 0 atom stereocenters. The van der Waals surface area contributed by atoms with E-state index in [2.05, 4.69) is 27.6 Å². The summed E-state index contributed by atoms with van der Waals surface area (Å²) in [5.74, 6) is 0.184. The van der Waals surface area contributed by atoms with E-state index < -0.39 is 0 Å². The molecular weight excluding hydrogens is 333 g/mol. The Kier molecular flexibility index (Phi) is 5.17. The first kappa shape index (κ1) is 14.2. The highest BCUT2D eigenvalue weighted by Gasteiger charge is 2.13. The van der Waals surface area contributed by atoms with E-state index in [1.807, 2.05) is 27.7 Å². The summed E-state index contributed by atoms with van der Waals surface area (Å²) in [6, 6.07) is 1.72. The van der Waals surface area contributed by atoms with Crippen LogP contribution < -0.4 is 4.74 Å². The van der Waals surface area contributed by atoms with Gasteiger partial charge in [-0.1, -0.05) is 0 Å². The number of carbonyl (C=O) groups excluding carboxylic acids is 1. The minimum absolute atomic E-state index is 0.0597. The van der Waals surface area contributed by atoms with E-state index in [0.29, 0.717) is 11.4 Å². The number of esters is 1. The van der Waals surface area contributed by atoms with Gasteiger partial charge in [0.05, 0.1) is 21.3 Å². The van der Waals surface area contributed by atoms with Gasteiger partial charge >= 0.3 is 5.97 Å². The van der Waals surface area contributed by atoms with Crippen LogP contribution in [-0.2, 0) is 4.74 Å². The number of nitrogens with zero attached hydrogens (tertiary/aromatic N) is 1. The van der Waals surface area contributed by atoms with Gasteiger partial charge in [-0.25, -0.2) is 9.78 Å². The van der Waals surface area contributed by atoms with Crippen molar-refractivity contribution < 1.29 is 14.3 Å². The molecule has 0 aliphatic rings. The van der Waals surface area contributed by atoms with Crippen LogP contribution in [0, 0.1) is 3.57 Å². The van der Waals surface area contributed by atoms with Gasteiger partial charge in [-0.15, -0.1) is 0 Å². The van der Waals surface area contributed by atoms with Gasteiger partial charge in [0, 0.05) is 6.20 Å². The normalized spacial score (nSPS) is 10.8. The SMILES string of the molecule is CC(C)OC(=O)c1cnc(OC(C)C)c(I)c1. The van der Waals surface area contributed by atoms with E-state index >= 15 is 0 Å². The average molecular weight is 349 g/mol. The van der Waals surface area contributed by atoms with E-state index in [9.17, 15) is 4.79 Å². The second-order valence-electron chi connectivity index (χ2n) is 4.13. The fourth-order valence-electron chi connectivity index (χ4n) is 1.13. The lowest BCUT2D eigenvalue weighted by Crippen LogP contribution is -2.13. The van der Waals surface area contributed by atoms with Gasteiger partial charge in [0.15, 0.2) is 0 Å². The lowest BCUT2D eigenvalue weighted by Gasteiger charge is -2.11. The molecule has 1 heterocycles. The van der Waals surface area contributed by atoms with Crippen LogP contribution in [0.1, 0.15) is 38.1 Å². The molecule has 0 N–H and O–H groups in total. The number of carbonyl (C=O) groups is 1. The smallest absolute Gasteiger partial charge is 0.339 e. The lowest BCUT2D eigenvalue weighted by molar-refractivity contribution is 0.0377. The maximum Gasteiger partial charge on any atom is 0.339 e. The molecule has 0 aliphatic heterocycles. The summed E-state index contributed by atoms with van der Waals surface area (Å²) < 4.78 is 11.4. The first-order valence-electron chi connectivity index (χ1n) is 5.43. The van der Waals surface area contributed by atoms with Gasteiger partial charge in [-0.2, -0.15) is 0 Å².